The zero-order chi connectivity index (χ0) is 13.0. The Morgan fingerprint density at radius 1 is 1.22 bits per heavy atom. The summed E-state index contributed by atoms with van der Waals surface area (Å²) in [7, 11) is 0. The van der Waals surface area contributed by atoms with E-state index < -0.39 is 0 Å². The molecule has 18 heavy (non-hydrogen) atoms. The Morgan fingerprint density at radius 2 is 2.00 bits per heavy atom. The van der Waals surface area contributed by atoms with Crippen LogP contribution in [0, 0.1) is 6.92 Å². The second-order valence-corrected chi connectivity index (χ2v) is 4.54. The highest BCUT2D eigenvalue weighted by molar-refractivity contribution is 6.29. The van der Waals surface area contributed by atoms with Crippen molar-refractivity contribution in [2.24, 2.45) is 0 Å². The van der Waals surface area contributed by atoms with Crippen LogP contribution in [0.2, 0.25) is 5.15 Å². The lowest BCUT2D eigenvalue weighted by Gasteiger charge is -2.11. The maximum Gasteiger partial charge on any atom is 0.135 e. The highest BCUT2D eigenvalue weighted by Gasteiger charge is 2.04. The van der Waals surface area contributed by atoms with Crippen LogP contribution < -0.4 is 5.32 Å². The Bertz CT molecular complexity index is 520. The maximum atomic E-state index is 5.93. The molecule has 4 heteroatoms. The van der Waals surface area contributed by atoms with Gasteiger partial charge in [-0.15, -0.1) is 0 Å². The lowest BCUT2D eigenvalue weighted by Crippen LogP contribution is -2.00. The summed E-state index contributed by atoms with van der Waals surface area (Å²) in [6.45, 7) is 4.00. The molecule has 0 atom stereocenters. The van der Waals surface area contributed by atoms with E-state index in [4.69, 9.17) is 11.6 Å². The number of benzene rings is 1. The molecule has 2 rings (SSSR count). The largest absolute Gasteiger partial charge is 0.340 e. The average molecular weight is 262 g/mol. The Morgan fingerprint density at radius 3 is 2.72 bits per heavy atom. The number of aryl methyl sites for hydroxylation is 2. The Hall–Kier alpha value is -1.61. The number of aromatic nitrogens is 2. The molecular weight excluding hydrogens is 246 g/mol. The summed E-state index contributed by atoms with van der Waals surface area (Å²) in [5.74, 6) is 1.40. The van der Waals surface area contributed by atoms with Gasteiger partial charge in [-0.3, -0.25) is 0 Å². The van der Waals surface area contributed by atoms with Crippen molar-refractivity contribution < 1.29 is 0 Å². The summed E-state index contributed by atoms with van der Waals surface area (Å²) < 4.78 is 0. The zero-order valence-corrected chi connectivity index (χ0v) is 11.3. The van der Waals surface area contributed by atoms with Gasteiger partial charge in [0.15, 0.2) is 0 Å². The molecule has 94 valence electrons. The van der Waals surface area contributed by atoms with Crippen LogP contribution in [0.5, 0.6) is 0 Å². The smallest absolute Gasteiger partial charge is 0.135 e. The summed E-state index contributed by atoms with van der Waals surface area (Å²) >= 11 is 5.93. The molecule has 1 aromatic heterocycles. The summed E-state index contributed by atoms with van der Waals surface area (Å²) in [6.07, 6.45) is 2.16. The first-order valence-corrected chi connectivity index (χ1v) is 6.43. The minimum atomic E-state index is 0.456. The molecule has 0 aliphatic heterocycles. The van der Waals surface area contributed by atoms with Crippen molar-refractivity contribution in [1.29, 1.82) is 0 Å². The van der Waals surface area contributed by atoms with E-state index in [1.807, 2.05) is 19.1 Å². The molecule has 0 amide bonds. The predicted molar refractivity (Wildman–Crippen MR) is 75.5 cm³/mol. The summed E-state index contributed by atoms with van der Waals surface area (Å²) in [4.78, 5) is 8.37. The SMILES string of the molecule is CCCc1ccccc1Nc1cc(Cl)nc(C)n1. The van der Waals surface area contributed by atoms with Gasteiger partial charge in [0.25, 0.3) is 0 Å². The van der Waals surface area contributed by atoms with Crippen molar-refractivity contribution in [2.75, 3.05) is 5.32 Å². The maximum absolute atomic E-state index is 5.93. The number of nitrogens with zero attached hydrogens (tertiary/aromatic N) is 2. The molecule has 0 bridgehead atoms. The van der Waals surface area contributed by atoms with E-state index in [-0.39, 0.29) is 0 Å². The van der Waals surface area contributed by atoms with Crippen LogP contribution in [0.15, 0.2) is 30.3 Å². The number of anilines is 2. The minimum absolute atomic E-state index is 0.456. The van der Waals surface area contributed by atoms with E-state index in [1.54, 1.807) is 6.07 Å². The van der Waals surface area contributed by atoms with Crippen LogP contribution in [0.4, 0.5) is 11.5 Å². The molecule has 0 fully saturated rings. The highest BCUT2D eigenvalue weighted by Crippen LogP contribution is 2.22. The highest BCUT2D eigenvalue weighted by atomic mass is 35.5. The van der Waals surface area contributed by atoms with Crippen LogP contribution in [0.3, 0.4) is 0 Å². The van der Waals surface area contributed by atoms with Gasteiger partial charge in [0.2, 0.25) is 0 Å². The number of hydrogen-bond acceptors (Lipinski definition) is 3. The van der Waals surface area contributed by atoms with Crippen LogP contribution >= 0.6 is 11.6 Å². The molecule has 1 N–H and O–H groups in total. The average Bonchev–Trinajstić information content (AvgIpc) is 2.30. The predicted octanol–water partition coefficient (Wildman–Crippen LogP) is 4.13. The number of hydrogen-bond donors (Lipinski definition) is 1. The van der Waals surface area contributed by atoms with Crippen molar-refractivity contribution >= 4 is 23.1 Å². The third-order valence-corrected chi connectivity index (χ3v) is 2.80. The fourth-order valence-electron chi connectivity index (χ4n) is 1.86. The molecule has 1 heterocycles. The number of para-hydroxylation sites is 1. The van der Waals surface area contributed by atoms with E-state index in [2.05, 4.69) is 34.3 Å². The molecular formula is C14H16ClN3. The summed E-state index contributed by atoms with van der Waals surface area (Å²) in [5, 5.41) is 3.76. The van der Waals surface area contributed by atoms with Gasteiger partial charge in [-0.05, 0) is 25.0 Å². The number of nitrogens with one attached hydrogen (secondary N) is 1. The van der Waals surface area contributed by atoms with E-state index in [1.165, 1.54) is 5.56 Å². The van der Waals surface area contributed by atoms with Gasteiger partial charge < -0.3 is 5.32 Å². The van der Waals surface area contributed by atoms with Crippen LogP contribution in [0.1, 0.15) is 24.7 Å². The van der Waals surface area contributed by atoms with Gasteiger partial charge in [-0.1, -0.05) is 43.1 Å². The monoisotopic (exact) mass is 261 g/mol. The molecule has 1 aromatic carbocycles. The number of halogens is 1. The zero-order valence-electron chi connectivity index (χ0n) is 10.6. The molecule has 0 saturated carbocycles. The lowest BCUT2D eigenvalue weighted by atomic mass is 10.1. The van der Waals surface area contributed by atoms with E-state index >= 15 is 0 Å². The quantitative estimate of drug-likeness (QED) is 0.841. The second kappa shape index (κ2) is 5.83. The first-order chi connectivity index (χ1) is 8.69. The number of rotatable bonds is 4. The van der Waals surface area contributed by atoms with Crippen LogP contribution in [0.25, 0.3) is 0 Å². The first-order valence-electron chi connectivity index (χ1n) is 6.05. The molecule has 0 unspecified atom stereocenters. The van der Waals surface area contributed by atoms with Crippen LogP contribution in [-0.4, -0.2) is 9.97 Å². The Labute approximate surface area is 112 Å². The topological polar surface area (TPSA) is 37.8 Å². The van der Waals surface area contributed by atoms with Gasteiger partial charge in [0, 0.05) is 11.8 Å². The molecule has 3 nitrogen and oxygen atoms in total. The standard InChI is InChI=1S/C14H16ClN3/c1-3-6-11-7-4-5-8-12(11)18-14-9-13(15)16-10(2)17-14/h4-5,7-9H,3,6H2,1-2H3,(H,16,17,18). The van der Waals surface area contributed by atoms with Crippen LogP contribution in [-0.2, 0) is 6.42 Å². The van der Waals surface area contributed by atoms with Gasteiger partial charge in [0.1, 0.15) is 16.8 Å². The van der Waals surface area contributed by atoms with E-state index in [0.717, 1.165) is 24.3 Å². The summed E-state index contributed by atoms with van der Waals surface area (Å²) in [6, 6.07) is 9.97. The third-order valence-electron chi connectivity index (χ3n) is 2.61. The first kappa shape index (κ1) is 12.8. The molecule has 0 spiro atoms. The minimum Gasteiger partial charge on any atom is -0.340 e. The second-order valence-electron chi connectivity index (χ2n) is 4.16. The molecule has 0 aliphatic carbocycles. The Balaban J connectivity index is 2.27. The van der Waals surface area contributed by atoms with Crippen molar-refractivity contribution in [3.05, 3.63) is 46.9 Å². The molecule has 0 aliphatic rings. The van der Waals surface area contributed by atoms with Gasteiger partial charge in [-0.25, -0.2) is 9.97 Å². The third kappa shape index (κ3) is 3.20. The normalized spacial score (nSPS) is 10.4. The molecule has 0 saturated heterocycles. The van der Waals surface area contributed by atoms with Crippen molar-refractivity contribution in [3.8, 4) is 0 Å². The van der Waals surface area contributed by atoms with E-state index in [0.29, 0.717) is 11.0 Å². The van der Waals surface area contributed by atoms with Crippen molar-refractivity contribution in [2.45, 2.75) is 26.7 Å². The fourth-order valence-corrected chi connectivity index (χ4v) is 2.09. The Kier molecular flexibility index (Phi) is 4.15. The van der Waals surface area contributed by atoms with Crippen molar-refractivity contribution in [1.82, 2.24) is 9.97 Å². The van der Waals surface area contributed by atoms with Gasteiger partial charge >= 0.3 is 0 Å². The van der Waals surface area contributed by atoms with Crippen molar-refractivity contribution in [3.63, 3.8) is 0 Å². The van der Waals surface area contributed by atoms with E-state index in [9.17, 15) is 0 Å². The molecule has 2 aromatic rings. The summed E-state index contributed by atoms with van der Waals surface area (Å²) in [5.41, 5.74) is 2.36. The van der Waals surface area contributed by atoms with Gasteiger partial charge in [-0.2, -0.15) is 0 Å². The fraction of sp³-hybridized carbons (Fsp3) is 0.286. The molecule has 0 radical (unpaired) electrons. The lowest BCUT2D eigenvalue weighted by molar-refractivity contribution is 0.923. The van der Waals surface area contributed by atoms with Gasteiger partial charge in [0.05, 0.1) is 0 Å².